The molecule has 0 aromatic carbocycles. The SMILES string of the molecule is COC(=O)[C@]12C[C@@H](O)[C@H](O)C3[C@]4(CO1)[C@H]2[C@@H](OC(=O)C=C(C)C)C(=O)O[C@@H]4C[C@H]1C(C)=C(OC(=O)[C@@H](N)CCCN=C(N)N)C(=O)C[C@]31C. The van der Waals surface area contributed by atoms with Crippen molar-refractivity contribution in [2.45, 2.75) is 95.9 Å². The normalized spacial score (nSPS) is 38.2. The highest BCUT2D eigenvalue weighted by molar-refractivity contribution is 5.98. The zero-order valence-corrected chi connectivity index (χ0v) is 28.3. The van der Waals surface area contributed by atoms with E-state index in [9.17, 15) is 34.2 Å². The highest BCUT2D eigenvalue weighted by Crippen LogP contribution is 2.71. The van der Waals surface area contributed by atoms with Crippen molar-refractivity contribution in [1.82, 2.24) is 0 Å². The lowest BCUT2D eigenvalue weighted by molar-refractivity contribution is -0.251. The molecule has 270 valence electrons. The Balaban J connectivity index is 1.58. The number of nitrogens with two attached hydrogens (primary N) is 3. The van der Waals surface area contributed by atoms with Gasteiger partial charge in [0.2, 0.25) is 6.10 Å². The fourth-order valence-electron chi connectivity index (χ4n) is 9.37. The van der Waals surface area contributed by atoms with Crippen LogP contribution in [0.4, 0.5) is 0 Å². The fourth-order valence-corrected chi connectivity index (χ4v) is 9.37. The third-order valence-electron chi connectivity index (χ3n) is 11.2. The van der Waals surface area contributed by atoms with Crippen LogP contribution in [0.15, 0.2) is 28.0 Å². The standard InChI is InChI=1S/C33H46N4O12/c1-14(2)9-21(40)48-24-26-32-13-46-33(26,29(44)45-5)12-18(38)22(41)25(32)31(4)11-19(39)23(15(3)16(31)10-20(32)47-28(24)43)49-27(42)17(34)7-6-8-37-30(35)36/h9,16-18,20,22,24-26,38,41H,6-8,10-13,34H2,1-5H3,(H4,35,36,37)/t16-,17-,18+,20+,22-,24+,25?,26+,31-,32+,33+/m0/s1. The molecule has 0 aromatic rings. The minimum absolute atomic E-state index is 0.0814. The average Bonchev–Trinajstić information content (AvgIpc) is 3.31. The minimum atomic E-state index is -2.00. The number of carbonyl (C=O) groups is 5. The number of guanidine groups is 1. The molecule has 0 amide bonds. The van der Waals surface area contributed by atoms with E-state index in [-0.39, 0.29) is 44.1 Å². The van der Waals surface area contributed by atoms with Crippen LogP contribution in [-0.2, 0) is 47.7 Å². The van der Waals surface area contributed by atoms with E-state index < -0.39 is 101 Å². The summed E-state index contributed by atoms with van der Waals surface area (Å²) in [4.78, 5) is 71.2. The summed E-state index contributed by atoms with van der Waals surface area (Å²) >= 11 is 0. The maximum absolute atomic E-state index is 13.9. The van der Waals surface area contributed by atoms with Crippen LogP contribution in [-0.4, -0.2) is 102 Å². The van der Waals surface area contributed by atoms with Gasteiger partial charge in [0.1, 0.15) is 12.1 Å². The summed E-state index contributed by atoms with van der Waals surface area (Å²) in [6.45, 7) is 6.75. The summed E-state index contributed by atoms with van der Waals surface area (Å²) in [6.07, 6.45) is -4.69. The number of hydrogen-bond acceptors (Lipinski definition) is 14. The second kappa shape index (κ2) is 13.1. The van der Waals surface area contributed by atoms with E-state index in [0.29, 0.717) is 17.6 Å². The molecular formula is C33H46N4O12. The largest absolute Gasteiger partial charge is 0.467 e. The second-order valence-electron chi connectivity index (χ2n) is 14.4. The molecular weight excluding hydrogens is 644 g/mol. The molecule has 0 radical (unpaired) electrons. The van der Waals surface area contributed by atoms with E-state index in [4.69, 9.17) is 40.9 Å². The molecule has 5 aliphatic rings. The number of Topliss-reactive ketones (excluding diaryl/α,β-unsaturated/α-hetero) is 1. The molecule has 16 nitrogen and oxygen atoms in total. The molecule has 4 fully saturated rings. The minimum Gasteiger partial charge on any atom is -0.467 e. The molecule has 2 heterocycles. The first-order chi connectivity index (χ1) is 22.9. The molecule has 16 heteroatoms. The van der Waals surface area contributed by atoms with Gasteiger partial charge in [-0.3, -0.25) is 9.79 Å². The molecule has 2 bridgehead atoms. The first-order valence-corrected chi connectivity index (χ1v) is 16.4. The van der Waals surface area contributed by atoms with Crippen molar-refractivity contribution >= 4 is 35.6 Å². The maximum Gasteiger partial charge on any atom is 0.348 e. The van der Waals surface area contributed by atoms with E-state index in [1.54, 1.807) is 27.7 Å². The van der Waals surface area contributed by atoms with Crippen molar-refractivity contribution < 1.29 is 57.9 Å². The third-order valence-corrected chi connectivity index (χ3v) is 11.2. The van der Waals surface area contributed by atoms with Gasteiger partial charge in [-0.2, -0.15) is 0 Å². The van der Waals surface area contributed by atoms with Gasteiger partial charge in [0, 0.05) is 36.8 Å². The predicted octanol–water partition coefficient (Wildman–Crippen LogP) is -0.727. The molecule has 5 rings (SSSR count). The molecule has 8 N–H and O–H groups in total. The Hall–Kier alpha value is -3.86. The van der Waals surface area contributed by atoms with Gasteiger partial charge >= 0.3 is 23.9 Å². The van der Waals surface area contributed by atoms with Gasteiger partial charge in [-0.25, -0.2) is 19.2 Å². The Bertz CT molecular complexity index is 1520. The lowest BCUT2D eigenvalue weighted by Crippen LogP contribution is -2.71. The topological polar surface area (TPSA) is 262 Å². The summed E-state index contributed by atoms with van der Waals surface area (Å²) in [5.41, 5.74) is 13.1. The summed E-state index contributed by atoms with van der Waals surface area (Å²) in [6, 6.07) is -1.07. The van der Waals surface area contributed by atoms with E-state index >= 15 is 0 Å². The molecule has 2 saturated carbocycles. The smallest absolute Gasteiger partial charge is 0.348 e. The number of aliphatic hydroxyl groups excluding tert-OH is 2. The van der Waals surface area contributed by atoms with Gasteiger partial charge in [0.05, 0.1) is 31.8 Å². The molecule has 2 saturated heterocycles. The van der Waals surface area contributed by atoms with Gasteiger partial charge < -0.3 is 51.1 Å². The molecule has 1 spiro atoms. The number of rotatable bonds is 9. The second-order valence-corrected chi connectivity index (χ2v) is 14.4. The number of ether oxygens (including phenoxy) is 5. The van der Waals surface area contributed by atoms with E-state index in [0.717, 1.165) is 7.11 Å². The number of allylic oxidation sites excluding steroid dienone is 3. The average molecular weight is 691 g/mol. The number of nitrogens with zero attached hydrogens (tertiary/aromatic N) is 1. The van der Waals surface area contributed by atoms with Crippen LogP contribution in [0.5, 0.6) is 0 Å². The number of carbonyl (C=O) groups excluding carboxylic acids is 5. The monoisotopic (exact) mass is 690 g/mol. The fraction of sp³-hybridized carbons (Fsp3) is 0.697. The third kappa shape index (κ3) is 5.81. The Morgan fingerprint density at radius 2 is 1.86 bits per heavy atom. The number of fused-ring (bicyclic) bond motifs is 2. The summed E-state index contributed by atoms with van der Waals surface area (Å²) < 4.78 is 28.8. The number of aliphatic imine (C=N–C) groups is 1. The quantitative estimate of drug-likeness (QED) is 0.0499. The van der Waals surface area contributed by atoms with E-state index in [2.05, 4.69) is 4.99 Å². The Morgan fingerprint density at radius 1 is 1.16 bits per heavy atom. The maximum atomic E-state index is 13.9. The van der Waals surface area contributed by atoms with Crippen molar-refractivity contribution in [3.05, 3.63) is 23.0 Å². The van der Waals surface area contributed by atoms with Gasteiger partial charge in [-0.05, 0) is 56.9 Å². The van der Waals surface area contributed by atoms with Crippen LogP contribution in [0.2, 0.25) is 0 Å². The predicted molar refractivity (Wildman–Crippen MR) is 168 cm³/mol. The highest BCUT2D eigenvalue weighted by atomic mass is 16.6. The van der Waals surface area contributed by atoms with Gasteiger partial charge in [0.25, 0.3) is 0 Å². The van der Waals surface area contributed by atoms with Crippen LogP contribution in [0.25, 0.3) is 0 Å². The van der Waals surface area contributed by atoms with Crippen molar-refractivity contribution in [3.63, 3.8) is 0 Å². The van der Waals surface area contributed by atoms with Gasteiger partial charge in [-0.1, -0.05) is 12.5 Å². The number of hydrogen-bond donors (Lipinski definition) is 5. The molecule has 1 unspecified atom stereocenters. The number of methoxy groups -OCH3 is 1. The van der Waals surface area contributed by atoms with Gasteiger partial charge in [-0.15, -0.1) is 0 Å². The molecule has 49 heavy (non-hydrogen) atoms. The number of ketones is 1. The zero-order valence-electron chi connectivity index (χ0n) is 28.3. The van der Waals surface area contributed by atoms with Crippen molar-refractivity contribution in [2.24, 2.45) is 50.8 Å². The zero-order chi connectivity index (χ0) is 36.2. The summed E-state index contributed by atoms with van der Waals surface area (Å²) in [7, 11) is 1.13. The highest BCUT2D eigenvalue weighted by Gasteiger charge is 2.81. The van der Waals surface area contributed by atoms with Crippen LogP contribution in [0.3, 0.4) is 0 Å². The van der Waals surface area contributed by atoms with Gasteiger partial charge in [0.15, 0.2) is 23.1 Å². The lowest BCUT2D eigenvalue weighted by atomic mass is 9.42. The van der Waals surface area contributed by atoms with Crippen molar-refractivity contribution in [1.29, 1.82) is 0 Å². The van der Waals surface area contributed by atoms with Crippen molar-refractivity contribution in [2.75, 3.05) is 20.3 Å². The first-order valence-electron chi connectivity index (χ1n) is 16.4. The van der Waals surface area contributed by atoms with Crippen LogP contribution in [0.1, 0.15) is 59.8 Å². The molecule has 3 aliphatic carbocycles. The molecule has 11 atom stereocenters. The van der Waals surface area contributed by atoms with Crippen LogP contribution >= 0.6 is 0 Å². The Labute approximate surface area is 283 Å². The Morgan fingerprint density at radius 3 is 2.49 bits per heavy atom. The van der Waals surface area contributed by atoms with Crippen LogP contribution < -0.4 is 17.2 Å². The first kappa shape index (κ1) is 36.4. The molecule has 2 aliphatic heterocycles. The van der Waals surface area contributed by atoms with Crippen molar-refractivity contribution in [3.8, 4) is 0 Å². The van der Waals surface area contributed by atoms with E-state index in [1.165, 1.54) is 6.08 Å². The summed E-state index contributed by atoms with van der Waals surface area (Å²) in [5, 5.41) is 23.5. The Kier molecular flexibility index (Phi) is 9.75. The summed E-state index contributed by atoms with van der Waals surface area (Å²) in [5.74, 6) is -7.25. The van der Waals surface area contributed by atoms with Crippen LogP contribution in [0, 0.1) is 28.6 Å². The number of aliphatic hydroxyl groups is 2. The van der Waals surface area contributed by atoms with E-state index in [1.807, 2.05) is 0 Å². The molecule has 0 aromatic heterocycles. The lowest BCUT2D eigenvalue weighted by Gasteiger charge is -2.63. The number of esters is 4.